The van der Waals surface area contributed by atoms with E-state index < -0.39 is 0 Å². The molecular weight excluding hydrogens is 198 g/mol. The molecule has 1 aliphatic rings. The highest BCUT2D eigenvalue weighted by atomic mass is 35.5. The van der Waals surface area contributed by atoms with Crippen LogP contribution in [0.25, 0.3) is 0 Å². The van der Waals surface area contributed by atoms with Gasteiger partial charge in [0.05, 0.1) is 12.2 Å². The summed E-state index contributed by atoms with van der Waals surface area (Å²) < 4.78 is 5.76. The van der Waals surface area contributed by atoms with Crippen molar-refractivity contribution in [3.8, 4) is 0 Å². The molecule has 3 heteroatoms. The first-order valence-electron chi connectivity index (χ1n) is 5.56. The monoisotopic (exact) mass is 219 g/mol. The maximum atomic E-state index is 5.90. The molecule has 1 fully saturated rings. The van der Waals surface area contributed by atoms with Gasteiger partial charge < -0.3 is 9.64 Å². The van der Waals surface area contributed by atoms with Gasteiger partial charge in [-0.15, -0.1) is 11.6 Å². The number of hydrogen-bond acceptors (Lipinski definition) is 2. The van der Waals surface area contributed by atoms with Gasteiger partial charge in [-0.1, -0.05) is 0 Å². The van der Waals surface area contributed by atoms with Crippen molar-refractivity contribution in [3.63, 3.8) is 0 Å². The van der Waals surface area contributed by atoms with Crippen LogP contribution in [0.1, 0.15) is 33.1 Å². The summed E-state index contributed by atoms with van der Waals surface area (Å²) in [7, 11) is 2.14. The maximum absolute atomic E-state index is 5.90. The highest BCUT2D eigenvalue weighted by Crippen LogP contribution is 2.19. The van der Waals surface area contributed by atoms with E-state index in [2.05, 4.69) is 18.9 Å². The molecule has 2 nitrogen and oxygen atoms in total. The van der Waals surface area contributed by atoms with Crippen molar-refractivity contribution in [2.75, 3.05) is 20.1 Å². The number of ether oxygens (including phenoxy) is 1. The highest BCUT2D eigenvalue weighted by molar-refractivity contribution is 6.20. The molecule has 1 aliphatic heterocycles. The maximum Gasteiger partial charge on any atom is 0.0706 e. The summed E-state index contributed by atoms with van der Waals surface area (Å²) in [6.45, 7) is 6.32. The Morgan fingerprint density at radius 3 is 2.71 bits per heavy atom. The molecule has 0 spiro atoms. The largest absolute Gasteiger partial charge is 0.374 e. The van der Waals surface area contributed by atoms with Gasteiger partial charge in [-0.2, -0.15) is 0 Å². The van der Waals surface area contributed by atoms with Gasteiger partial charge in [0, 0.05) is 11.9 Å². The van der Waals surface area contributed by atoms with Gasteiger partial charge in [-0.05, 0) is 46.7 Å². The van der Waals surface area contributed by atoms with Gasteiger partial charge in [0.15, 0.2) is 0 Å². The molecule has 0 amide bonds. The van der Waals surface area contributed by atoms with E-state index in [1.165, 1.54) is 12.8 Å². The number of hydrogen-bond donors (Lipinski definition) is 0. The van der Waals surface area contributed by atoms with Gasteiger partial charge >= 0.3 is 0 Å². The summed E-state index contributed by atoms with van der Waals surface area (Å²) in [5.41, 5.74) is 0. The van der Waals surface area contributed by atoms with E-state index >= 15 is 0 Å². The van der Waals surface area contributed by atoms with E-state index in [-0.39, 0.29) is 5.38 Å². The summed E-state index contributed by atoms with van der Waals surface area (Å²) >= 11 is 5.90. The van der Waals surface area contributed by atoms with Crippen LogP contribution in [0.3, 0.4) is 0 Å². The first kappa shape index (κ1) is 12.3. The smallest absolute Gasteiger partial charge is 0.0706 e. The number of nitrogens with zero attached hydrogens (tertiary/aromatic N) is 1. The van der Waals surface area contributed by atoms with Crippen LogP contribution in [-0.2, 0) is 4.74 Å². The lowest BCUT2D eigenvalue weighted by Crippen LogP contribution is -2.30. The Balaban J connectivity index is 2.10. The molecule has 0 aliphatic carbocycles. The minimum absolute atomic E-state index is 0.279. The second kappa shape index (κ2) is 5.94. The van der Waals surface area contributed by atoms with Gasteiger partial charge in [-0.25, -0.2) is 0 Å². The van der Waals surface area contributed by atoms with Crippen molar-refractivity contribution in [2.24, 2.45) is 0 Å². The molecule has 3 atom stereocenters. The van der Waals surface area contributed by atoms with E-state index in [0.717, 1.165) is 19.5 Å². The third-order valence-electron chi connectivity index (χ3n) is 2.74. The Morgan fingerprint density at radius 2 is 2.21 bits per heavy atom. The van der Waals surface area contributed by atoms with Crippen molar-refractivity contribution in [2.45, 2.75) is 50.7 Å². The summed E-state index contributed by atoms with van der Waals surface area (Å²) in [6, 6.07) is 0. The number of rotatable bonds is 5. The number of likely N-dealkylation sites (N-methyl/N-ethyl adjacent to an activating group) is 1. The van der Waals surface area contributed by atoms with Crippen LogP contribution in [0.15, 0.2) is 0 Å². The van der Waals surface area contributed by atoms with Crippen molar-refractivity contribution >= 4 is 11.6 Å². The van der Waals surface area contributed by atoms with E-state index in [0.29, 0.717) is 12.2 Å². The molecule has 0 N–H and O–H groups in total. The van der Waals surface area contributed by atoms with Crippen LogP contribution in [0.4, 0.5) is 0 Å². The topological polar surface area (TPSA) is 12.5 Å². The van der Waals surface area contributed by atoms with Crippen LogP contribution >= 0.6 is 11.6 Å². The molecule has 0 aromatic heterocycles. The van der Waals surface area contributed by atoms with Crippen molar-refractivity contribution in [3.05, 3.63) is 0 Å². The van der Waals surface area contributed by atoms with Crippen LogP contribution in [-0.4, -0.2) is 42.6 Å². The molecule has 0 radical (unpaired) electrons. The molecular formula is C11H22ClNO. The summed E-state index contributed by atoms with van der Waals surface area (Å²) in [5.74, 6) is 0. The Morgan fingerprint density at radius 1 is 1.50 bits per heavy atom. The molecule has 84 valence electrons. The number of alkyl halides is 1. The Bertz CT molecular complexity index is 163. The zero-order valence-electron chi connectivity index (χ0n) is 9.50. The average Bonchev–Trinajstić information content (AvgIpc) is 2.48. The van der Waals surface area contributed by atoms with Crippen LogP contribution in [0.2, 0.25) is 0 Å². The van der Waals surface area contributed by atoms with E-state index in [1.807, 2.05) is 6.92 Å². The second-order valence-electron chi connectivity index (χ2n) is 4.48. The Hall–Kier alpha value is 0.210. The molecule has 0 aromatic carbocycles. The standard InChI is InChI=1S/C11H22ClNO/c1-9(12)6-7-13(3)8-11-5-4-10(2)14-11/h9-11H,4-8H2,1-3H3. The van der Waals surface area contributed by atoms with Gasteiger partial charge in [0.1, 0.15) is 0 Å². The van der Waals surface area contributed by atoms with Crippen LogP contribution in [0, 0.1) is 0 Å². The lowest BCUT2D eigenvalue weighted by atomic mass is 10.2. The second-order valence-corrected chi connectivity index (χ2v) is 5.22. The minimum Gasteiger partial charge on any atom is -0.374 e. The predicted molar refractivity (Wildman–Crippen MR) is 61.0 cm³/mol. The van der Waals surface area contributed by atoms with Gasteiger partial charge in [0.25, 0.3) is 0 Å². The molecule has 1 saturated heterocycles. The molecule has 0 aromatic rings. The highest BCUT2D eigenvalue weighted by Gasteiger charge is 2.22. The number of halogens is 1. The van der Waals surface area contributed by atoms with Gasteiger partial charge in [-0.3, -0.25) is 0 Å². The molecule has 3 unspecified atom stereocenters. The van der Waals surface area contributed by atoms with Crippen molar-refractivity contribution in [1.82, 2.24) is 4.90 Å². The lowest BCUT2D eigenvalue weighted by molar-refractivity contribution is 0.0363. The third-order valence-corrected chi connectivity index (χ3v) is 2.96. The first-order valence-corrected chi connectivity index (χ1v) is 5.99. The van der Waals surface area contributed by atoms with Crippen LogP contribution < -0.4 is 0 Å². The van der Waals surface area contributed by atoms with E-state index in [4.69, 9.17) is 16.3 Å². The molecule has 1 rings (SSSR count). The van der Waals surface area contributed by atoms with Crippen LogP contribution in [0.5, 0.6) is 0 Å². The molecule has 0 saturated carbocycles. The quantitative estimate of drug-likeness (QED) is 0.659. The molecule has 0 bridgehead atoms. The summed E-state index contributed by atoms with van der Waals surface area (Å²) in [5, 5.41) is 0.279. The van der Waals surface area contributed by atoms with Crippen molar-refractivity contribution in [1.29, 1.82) is 0 Å². The average molecular weight is 220 g/mol. The first-order chi connectivity index (χ1) is 6.58. The zero-order valence-corrected chi connectivity index (χ0v) is 10.3. The lowest BCUT2D eigenvalue weighted by Gasteiger charge is -2.21. The van der Waals surface area contributed by atoms with Gasteiger partial charge in [0.2, 0.25) is 0 Å². The fourth-order valence-corrected chi connectivity index (χ4v) is 1.95. The van der Waals surface area contributed by atoms with E-state index in [1.54, 1.807) is 0 Å². The summed E-state index contributed by atoms with van der Waals surface area (Å²) in [6.07, 6.45) is 4.38. The fourth-order valence-electron chi connectivity index (χ4n) is 1.86. The molecule has 1 heterocycles. The Labute approximate surface area is 92.6 Å². The summed E-state index contributed by atoms with van der Waals surface area (Å²) in [4.78, 5) is 2.32. The predicted octanol–water partition coefficient (Wildman–Crippen LogP) is 2.50. The normalized spacial score (nSPS) is 29.8. The molecule has 14 heavy (non-hydrogen) atoms. The van der Waals surface area contributed by atoms with Crippen molar-refractivity contribution < 1.29 is 4.74 Å². The van der Waals surface area contributed by atoms with E-state index in [9.17, 15) is 0 Å². The Kier molecular flexibility index (Phi) is 5.21. The minimum atomic E-state index is 0.279. The fraction of sp³-hybridized carbons (Fsp3) is 1.00. The third kappa shape index (κ3) is 4.63. The SMILES string of the molecule is CC(Cl)CCN(C)CC1CCC(C)O1. The zero-order chi connectivity index (χ0) is 10.6.